The zero-order valence-corrected chi connectivity index (χ0v) is 21.6. The first-order valence-corrected chi connectivity index (χ1v) is 12.2. The fraction of sp³-hybridized carbons (Fsp3) is 0.346. The molecular weight excluding hydrogens is 491 g/mol. The Morgan fingerprint density at radius 3 is 2.47 bits per heavy atom. The van der Waals surface area contributed by atoms with E-state index in [-0.39, 0.29) is 18.3 Å². The number of nitrogens with zero attached hydrogens (tertiary/aromatic N) is 2. The van der Waals surface area contributed by atoms with Crippen molar-refractivity contribution in [1.82, 2.24) is 15.2 Å². The summed E-state index contributed by atoms with van der Waals surface area (Å²) < 4.78 is 0. The average Bonchev–Trinajstić information content (AvgIpc) is 3.23. The Labute approximate surface area is 217 Å². The predicted octanol–water partition coefficient (Wildman–Crippen LogP) is 6.05. The third-order valence-corrected chi connectivity index (χ3v) is 6.98. The third kappa shape index (κ3) is 6.48. The second kappa shape index (κ2) is 12.5. The number of aromatic amines is 1. The lowest BCUT2D eigenvalue weighted by Gasteiger charge is -2.36. The van der Waals surface area contributed by atoms with Gasteiger partial charge in [-0.15, -0.1) is 12.4 Å². The lowest BCUT2D eigenvalue weighted by Crippen LogP contribution is -2.46. The number of hydrogen-bond donors (Lipinski definition) is 2. The minimum Gasteiger partial charge on any atom is -0.368 e. The highest BCUT2D eigenvalue weighted by Crippen LogP contribution is 2.32. The zero-order valence-electron chi connectivity index (χ0n) is 19.3. The molecule has 8 heteroatoms. The van der Waals surface area contributed by atoms with Crippen molar-refractivity contribution in [2.75, 3.05) is 44.2 Å². The van der Waals surface area contributed by atoms with Crippen LogP contribution in [0, 0.1) is 6.92 Å². The van der Waals surface area contributed by atoms with E-state index in [1.807, 2.05) is 61.5 Å². The van der Waals surface area contributed by atoms with E-state index in [2.05, 4.69) is 20.1 Å². The SMILES string of the molecule is Cc1[nH]c(-c2ccccc2)cc1C(=O)NCCCCN1CCN(c2cccc(Cl)c2Cl)CC1.Cl. The number of unbranched alkanes of at least 4 members (excludes halogenated alkanes) is 1. The van der Waals surface area contributed by atoms with Gasteiger partial charge in [-0.1, -0.05) is 59.6 Å². The normalized spacial score (nSPS) is 14.0. The molecule has 0 aliphatic carbocycles. The monoisotopic (exact) mass is 520 g/mol. The van der Waals surface area contributed by atoms with Gasteiger partial charge in [0.25, 0.3) is 5.91 Å². The number of halogens is 3. The number of anilines is 1. The van der Waals surface area contributed by atoms with Gasteiger partial charge in [0.2, 0.25) is 0 Å². The number of benzene rings is 2. The maximum Gasteiger partial charge on any atom is 0.253 e. The van der Waals surface area contributed by atoms with Crippen LogP contribution in [0.1, 0.15) is 28.9 Å². The quantitative estimate of drug-likeness (QED) is 0.355. The van der Waals surface area contributed by atoms with E-state index in [1.54, 1.807) is 0 Å². The highest BCUT2D eigenvalue weighted by molar-refractivity contribution is 6.43. The lowest BCUT2D eigenvalue weighted by molar-refractivity contribution is 0.0952. The standard InChI is InChI=1S/C26H30Cl2N4O.ClH/c1-19-21(18-23(30-19)20-8-3-2-4-9-20)26(33)29-12-5-6-13-31-14-16-32(17-15-31)24-11-7-10-22(27)25(24)28;/h2-4,7-11,18,30H,5-6,12-17H2,1H3,(H,29,33);1H. The number of carbonyl (C=O) groups excluding carboxylic acids is 1. The third-order valence-electron chi connectivity index (χ3n) is 6.18. The van der Waals surface area contributed by atoms with Crippen LogP contribution in [0.5, 0.6) is 0 Å². The highest BCUT2D eigenvalue weighted by atomic mass is 35.5. The first-order chi connectivity index (χ1) is 16.0. The molecule has 0 bridgehead atoms. The Bertz CT molecular complexity index is 1080. The number of aromatic nitrogens is 1. The number of rotatable bonds is 8. The van der Waals surface area contributed by atoms with Crippen molar-refractivity contribution >= 4 is 47.2 Å². The summed E-state index contributed by atoms with van der Waals surface area (Å²) in [5, 5.41) is 4.31. The maximum absolute atomic E-state index is 12.6. The number of amides is 1. The van der Waals surface area contributed by atoms with Gasteiger partial charge in [0.05, 0.1) is 21.3 Å². The Morgan fingerprint density at radius 1 is 1.00 bits per heavy atom. The number of H-pyrrole nitrogens is 1. The molecule has 1 saturated heterocycles. The largest absolute Gasteiger partial charge is 0.368 e. The number of aryl methyl sites for hydroxylation is 1. The van der Waals surface area contributed by atoms with E-state index in [0.717, 1.165) is 68.2 Å². The molecule has 3 aromatic rings. The van der Waals surface area contributed by atoms with Crippen molar-refractivity contribution in [3.8, 4) is 11.3 Å². The van der Waals surface area contributed by atoms with E-state index in [9.17, 15) is 4.79 Å². The van der Waals surface area contributed by atoms with Crippen LogP contribution in [0.3, 0.4) is 0 Å². The zero-order chi connectivity index (χ0) is 23.2. The minimum atomic E-state index is -0.0158. The van der Waals surface area contributed by atoms with Crippen molar-refractivity contribution in [3.05, 3.63) is 75.9 Å². The summed E-state index contributed by atoms with van der Waals surface area (Å²) in [5.74, 6) is -0.0158. The van der Waals surface area contributed by atoms with Crippen molar-refractivity contribution < 1.29 is 4.79 Å². The number of nitrogens with one attached hydrogen (secondary N) is 2. The smallest absolute Gasteiger partial charge is 0.253 e. The van der Waals surface area contributed by atoms with Crippen molar-refractivity contribution in [2.45, 2.75) is 19.8 Å². The van der Waals surface area contributed by atoms with Gasteiger partial charge >= 0.3 is 0 Å². The molecule has 1 amide bonds. The van der Waals surface area contributed by atoms with E-state index in [4.69, 9.17) is 23.2 Å². The van der Waals surface area contributed by atoms with Crippen LogP contribution in [-0.2, 0) is 0 Å². The fourth-order valence-corrected chi connectivity index (χ4v) is 4.69. The van der Waals surface area contributed by atoms with Crippen LogP contribution < -0.4 is 10.2 Å². The summed E-state index contributed by atoms with van der Waals surface area (Å²) in [5.41, 5.74) is 4.67. The van der Waals surface area contributed by atoms with Crippen LogP contribution in [0.4, 0.5) is 5.69 Å². The average molecular weight is 522 g/mol. The van der Waals surface area contributed by atoms with Gasteiger partial charge in [-0.05, 0) is 50.1 Å². The van der Waals surface area contributed by atoms with Crippen LogP contribution in [0.15, 0.2) is 54.6 Å². The number of carbonyl (C=O) groups is 1. The van der Waals surface area contributed by atoms with Crippen LogP contribution >= 0.6 is 35.6 Å². The molecule has 0 spiro atoms. The molecule has 182 valence electrons. The Balaban J connectivity index is 0.00000324. The molecule has 1 aliphatic rings. The van der Waals surface area contributed by atoms with Crippen molar-refractivity contribution in [2.24, 2.45) is 0 Å². The summed E-state index contributed by atoms with van der Waals surface area (Å²) >= 11 is 12.5. The maximum atomic E-state index is 12.6. The molecule has 34 heavy (non-hydrogen) atoms. The van der Waals surface area contributed by atoms with Gasteiger partial charge in [0, 0.05) is 44.1 Å². The van der Waals surface area contributed by atoms with E-state index in [1.165, 1.54) is 0 Å². The lowest BCUT2D eigenvalue weighted by atomic mass is 10.1. The number of piperazine rings is 1. The van der Waals surface area contributed by atoms with Gasteiger partial charge in [-0.3, -0.25) is 9.69 Å². The minimum absolute atomic E-state index is 0. The Kier molecular flexibility index (Phi) is 9.72. The van der Waals surface area contributed by atoms with E-state index < -0.39 is 0 Å². The molecule has 4 rings (SSSR count). The van der Waals surface area contributed by atoms with Crippen LogP contribution in [0.2, 0.25) is 10.0 Å². The van der Waals surface area contributed by atoms with Crippen molar-refractivity contribution in [1.29, 1.82) is 0 Å². The number of hydrogen-bond acceptors (Lipinski definition) is 3. The molecule has 2 N–H and O–H groups in total. The Morgan fingerprint density at radius 2 is 1.74 bits per heavy atom. The summed E-state index contributed by atoms with van der Waals surface area (Å²) in [6, 6.07) is 17.8. The summed E-state index contributed by atoms with van der Waals surface area (Å²) in [4.78, 5) is 20.7. The van der Waals surface area contributed by atoms with Crippen molar-refractivity contribution in [3.63, 3.8) is 0 Å². The molecule has 0 unspecified atom stereocenters. The first-order valence-electron chi connectivity index (χ1n) is 11.5. The van der Waals surface area contributed by atoms with E-state index >= 15 is 0 Å². The second-order valence-electron chi connectivity index (χ2n) is 8.45. The molecule has 0 atom stereocenters. The van der Waals surface area contributed by atoms with Crippen LogP contribution in [-0.4, -0.2) is 55.1 Å². The molecule has 1 fully saturated rings. The summed E-state index contributed by atoms with van der Waals surface area (Å²) in [7, 11) is 0. The second-order valence-corrected chi connectivity index (χ2v) is 9.24. The topological polar surface area (TPSA) is 51.4 Å². The molecule has 2 aromatic carbocycles. The molecule has 1 aliphatic heterocycles. The molecule has 5 nitrogen and oxygen atoms in total. The molecule has 0 radical (unpaired) electrons. The molecule has 0 saturated carbocycles. The predicted molar refractivity (Wildman–Crippen MR) is 145 cm³/mol. The fourth-order valence-electron chi connectivity index (χ4n) is 4.27. The molecule has 1 aromatic heterocycles. The highest BCUT2D eigenvalue weighted by Gasteiger charge is 2.19. The molecular formula is C26H31Cl3N4O. The summed E-state index contributed by atoms with van der Waals surface area (Å²) in [6.45, 7) is 7.54. The molecule has 2 heterocycles. The van der Waals surface area contributed by atoms with Gasteiger partial charge in [-0.25, -0.2) is 0 Å². The van der Waals surface area contributed by atoms with E-state index in [0.29, 0.717) is 22.2 Å². The first kappa shape index (κ1) is 26.4. The van der Waals surface area contributed by atoms with Gasteiger partial charge < -0.3 is 15.2 Å². The van der Waals surface area contributed by atoms with Gasteiger partial charge in [0.15, 0.2) is 0 Å². The van der Waals surface area contributed by atoms with Gasteiger partial charge in [0.1, 0.15) is 0 Å². The Hall–Kier alpha value is -2.18. The summed E-state index contributed by atoms with van der Waals surface area (Å²) in [6.07, 6.45) is 2.01. The van der Waals surface area contributed by atoms with Crippen LogP contribution in [0.25, 0.3) is 11.3 Å². The van der Waals surface area contributed by atoms with Gasteiger partial charge in [-0.2, -0.15) is 0 Å².